The Bertz CT molecular complexity index is 1430. The minimum atomic E-state index is -4.37. The summed E-state index contributed by atoms with van der Waals surface area (Å²) in [5.74, 6) is -1.93. The number of nitrogens with one attached hydrogen (secondary N) is 2. The lowest BCUT2D eigenvalue weighted by Crippen LogP contribution is -2.54. The lowest BCUT2D eigenvalue weighted by Gasteiger charge is -2.25. The minimum Gasteiger partial charge on any atom is -0.481 e. The van der Waals surface area contributed by atoms with Crippen LogP contribution in [0.2, 0.25) is 0 Å². The van der Waals surface area contributed by atoms with Crippen LogP contribution >= 0.6 is 0 Å². The molecule has 0 bridgehead atoms. The van der Waals surface area contributed by atoms with Crippen LogP contribution in [0.15, 0.2) is 54.9 Å². The quantitative estimate of drug-likeness (QED) is 0.441. The molecule has 0 saturated heterocycles. The Kier molecular flexibility index (Phi) is 7.71. The predicted molar refractivity (Wildman–Crippen MR) is 134 cm³/mol. The number of nitrogens with zero attached hydrogens (tertiary/aromatic N) is 4. The molecule has 0 spiro atoms. The van der Waals surface area contributed by atoms with Gasteiger partial charge in [-0.15, -0.1) is 0 Å². The van der Waals surface area contributed by atoms with Gasteiger partial charge in [0.1, 0.15) is 23.5 Å². The first-order valence-electron chi connectivity index (χ1n) is 11.3. The van der Waals surface area contributed by atoms with Gasteiger partial charge in [-0.3, -0.25) is 4.79 Å². The Morgan fingerprint density at radius 1 is 1.16 bits per heavy atom. The Balaban J connectivity index is 1.55. The molecule has 1 aliphatic rings. The van der Waals surface area contributed by atoms with E-state index in [4.69, 9.17) is 4.74 Å². The summed E-state index contributed by atoms with van der Waals surface area (Å²) < 4.78 is 61.3. The van der Waals surface area contributed by atoms with Crippen LogP contribution in [0.4, 0.5) is 25.1 Å². The van der Waals surface area contributed by atoms with Crippen molar-refractivity contribution >= 4 is 33.7 Å². The van der Waals surface area contributed by atoms with Crippen LogP contribution in [0, 0.1) is 11.6 Å². The average Bonchev–Trinajstić information content (AvgIpc) is 3.32. The molecule has 1 aliphatic heterocycles. The highest BCUT2D eigenvalue weighted by atomic mass is 32.2. The molecule has 0 aliphatic carbocycles. The van der Waals surface area contributed by atoms with Crippen molar-refractivity contribution in [1.29, 1.82) is 0 Å². The largest absolute Gasteiger partial charge is 0.481 e. The van der Waals surface area contributed by atoms with Crippen LogP contribution in [-0.4, -0.2) is 57.1 Å². The van der Waals surface area contributed by atoms with Crippen LogP contribution in [-0.2, 0) is 27.8 Å². The second-order valence-electron chi connectivity index (χ2n) is 8.38. The second kappa shape index (κ2) is 11.0. The molecule has 14 heteroatoms. The monoisotopic (exact) mass is 546 g/mol. The topological polar surface area (TPSA) is 134 Å². The third kappa shape index (κ3) is 5.96. The molecule has 1 unspecified atom stereocenters. The van der Waals surface area contributed by atoms with Gasteiger partial charge in [-0.2, -0.15) is 8.42 Å². The van der Waals surface area contributed by atoms with Crippen LogP contribution in [0.25, 0.3) is 0 Å². The number of aromatic nitrogens is 2. The highest BCUT2D eigenvalue weighted by molar-refractivity contribution is 7.91. The maximum atomic E-state index is 13.8. The molecule has 3 heterocycles. The van der Waals surface area contributed by atoms with Crippen LogP contribution in [0.3, 0.4) is 0 Å². The lowest BCUT2D eigenvalue weighted by atomic mass is 10.0. The van der Waals surface area contributed by atoms with Crippen molar-refractivity contribution in [3.63, 3.8) is 0 Å². The molecular formula is C24H24F2N6O5S. The highest BCUT2D eigenvalue weighted by Crippen LogP contribution is 2.26. The third-order valence-electron chi connectivity index (χ3n) is 5.81. The molecular weight excluding hydrogens is 522 g/mol. The van der Waals surface area contributed by atoms with Gasteiger partial charge in [0.25, 0.3) is 0 Å². The molecule has 3 amide bonds. The zero-order valence-corrected chi connectivity index (χ0v) is 21.2. The smallest absolute Gasteiger partial charge is 0.330 e. The number of rotatable bonds is 8. The number of halogens is 2. The van der Waals surface area contributed by atoms with Crippen molar-refractivity contribution in [3.8, 4) is 5.88 Å². The maximum Gasteiger partial charge on any atom is 0.330 e. The van der Waals surface area contributed by atoms with Crippen molar-refractivity contribution < 1.29 is 31.5 Å². The normalized spacial score (nSPS) is 13.4. The number of amides is 3. The standard InChI is InChI=1S/C24H24F2N6O5S/c1-31(19-5-6-21(37-2)28-14-19)23(33)20(12-15-10-17(25)13-18(26)11-15)29-24(34)30-38(35,36)32-9-7-16-4-3-8-27-22(16)32/h3-6,8,10-11,13-14,20H,7,9,12H2,1-2H3,(H2,29,30,34). The molecule has 0 fully saturated rings. The Morgan fingerprint density at radius 3 is 2.55 bits per heavy atom. The van der Waals surface area contributed by atoms with E-state index in [0.29, 0.717) is 29.6 Å². The number of methoxy groups -OCH3 is 1. The Labute approximate surface area is 217 Å². The first-order valence-corrected chi connectivity index (χ1v) is 12.8. The van der Waals surface area contributed by atoms with Gasteiger partial charge in [-0.05, 0) is 41.8 Å². The average molecular weight is 547 g/mol. The van der Waals surface area contributed by atoms with Crippen molar-refractivity contribution in [1.82, 2.24) is 20.0 Å². The first-order chi connectivity index (χ1) is 18.1. The zero-order chi connectivity index (χ0) is 27.4. The highest BCUT2D eigenvalue weighted by Gasteiger charge is 2.33. The van der Waals surface area contributed by atoms with E-state index in [1.807, 2.05) is 4.72 Å². The van der Waals surface area contributed by atoms with E-state index in [0.717, 1.165) is 16.4 Å². The summed E-state index contributed by atoms with van der Waals surface area (Å²) in [6, 6.07) is 6.57. The van der Waals surface area contributed by atoms with E-state index >= 15 is 0 Å². The number of hydrogen-bond acceptors (Lipinski definition) is 7. The Morgan fingerprint density at radius 2 is 1.89 bits per heavy atom. The number of likely N-dealkylation sites (N-methyl/N-ethyl adjacent to an activating group) is 1. The molecule has 38 heavy (non-hydrogen) atoms. The zero-order valence-electron chi connectivity index (χ0n) is 20.4. The summed E-state index contributed by atoms with van der Waals surface area (Å²) in [5, 5.41) is 2.32. The summed E-state index contributed by atoms with van der Waals surface area (Å²) in [6.45, 7) is 0.0765. The molecule has 11 nitrogen and oxygen atoms in total. The number of carbonyl (C=O) groups excluding carboxylic acids is 2. The molecule has 3 aromatic rings. The molecule has 1 atom stereocenters. The van der Waals surface area contributed by atoms with Crippen LogP contribution in [0.5, 0.6) is 5.88 Å². The maximum absolute atomic E-state index is 13.8. The van der Waals surface area contributed by atoms with Gasteiger partial charge in [-0.1, -0.05) is 6.07 Å². The van der Waals surface area contributed by atoms with E-state index in [1.54, 1.807) is 18.2 Å². The Hall–Kier alpha value is -4.33. The molecule has 0 radical (unpaired) electrons. The predicted octanol–water partition coefficient (Wildman–Crippen LogP) is 1.94. The number of fused-ring (bicyclic) bond motifs is 1. The SMILES string of the molecule is COc1ccc(N(C)C(=O)C(Cc2cc(F)cc(F)c2)NC(=O)NS(=O)(=O)N2CCc3cccnc32)cn1. The molecule has 0 saturated carbocycles. The second-order valence-corrected chi connectivity index (χ2v) is 9.97. The van der Waals surface area contributed by atoms with Gasteiger partial charge in [0, 0.05) is 38.3 Å². The number of pyridine rings is 2. The van der Waals surface area contributed by atoms with E-state index in [2.05, 4.69) is 15.3 Å². The van der Waals surface area contributed by atoms with Crippen molar-refractivity contribution in [3.05, 3.63) is 77.6 Å². The van der Waals surface area contributed by atoms with Crippen molar-refractivity contribution in [2.75, 3.05) is 29.9 Å². The van der Waals surface area contributed by atoms with E-state index in [9.17, 15) is 26.8 Å². The summed E-state index contributed by atoms with van der Waals surface area (Å²) in [4.78, 5) is 35.4. The molecule has 1 aromatic carbocycles. The number of anilines is 2. The number of urea groups is 1. The van der Waals surface area contributed by atoms with Gasteiger partial charge >= 0.3 is 16.2 Å². The molecule has 2 N–H and O–H groups in total. The minimum absolute atomic E-state index is 0.0722. The number of ether oxygens (including phenoxy) is 1. The fourth-order valence-electron chi connectivity index (χ4n) is 3.99. The van der Waals surface area contributed by atoms with E-state index in [-0.39, 0.29) is 24.3 Å². The molecule has 200 valence electrons. The summed E-state index contributed by atoms with van der Waals surface area (Å²) in [7, 11) is -1.53. The molecule has 4 rings (SSSR count). The van der Waals surface area contributed by atoms with Crippen LogP contribution < -0.4 is 24.0 Å². The first kappa shape index (κ1) is 26.7. The number of benzene rings is 1. The van der Waals surface area contributed by atoms with Crippen molar-refractivity contribution in [2.24, 2.45) is 0 Å². The molecule has 2 aromatic heterocycles. The van der Waals surface area contributed by atoms with Crippen LogP contribution in [0.1, 0.15) is 11.1 Å². The van der Waals surface area contributed by atoms with E-state index in [1.165, 1.54) is 37.5 Å². The summed E-state index contributed by atoms with van der Waals surface area (Å²) in [5.41, 5.74) is 1.11. The van der Waals surface area contributed by atoms with Crippen molar-refractivity contribution in [2.45, 2.75) is 18.9 Å². The number of hydrogen-bond donors (Lipinski definition) is 2. The number of carbonyl (C=O) groups is 2. The summed E-state index contributed by atoms with van der Waals surface area (Å²) in [6.07, 6.45) is 2.88. The van der Waals surface area contributed by atoms with E-state index < -0.39 is 39.8 Å². The fourth-order valence-corrected chi connectivity index (χ4v) is 5.12. The fraction of sp³-hybridized carbons (Fsp3) is 0.250. The van der Waals surface area contributed by atoms with Gasteiger partial charge in [0.05, 0.1) is 19.0 Å². The lowest BCUT2D eigenvalue weighted by molar-refractivity contribution is -0.120. The summed E-state index contributed by atoms with van der Waals surface area (Å²) >= 11 is 0. The van der Waals surface area contributed by atoms with Gasteiger partial charge in [-0.25, -0.2) is 32.6 Å². The van der Waals surface area contributed by atoms with Gasteiger partial charge in [0.2, 0.25) is 11.8 Å². The van der Waals surface area contributed by atoms with Gasteiger partial charge < -0.3 is 15.0 Å². The van der Waals surface area contributed by atoms with Gasteiger partial charge in [0.15, 0.2) is 0 Å². The third-order valence-corrected chi connectivity index (χ3v) is 7.19.